The molecular weight excluding hydrogens is 504 g/mol. The predicted molar refractivity (Wildman–Crippen MR) is 137 cm³/mol. The highest BCUT2D eigenvalue weighted by atomic mass is 32.2. The maximum atomic E-state index is 12.6. The van der Waals surface area contributed by atoms with Gasteiger partial charge in [-0.15, -0.1) is 11.3 Å². The molecule has 0 saturated carbocycles. The number of carboxylic acid groups (broad SMARTS) is 1. The molecule has 11 nitrogen and oxygen atoms in total. The van der Waals surface area contributed by atoms with Gasteiger partial charge < -0.3 is 31.3 Å². The number of nitrogens with zero attached hydrogens (tertiary/aromatic N) is 3. The summed E-state index contributed by atoms with van der Waals surface area (Å²) < 4.78 is 6.87. The Morgan fingerprint density at radius 2 is 2.17 bits per heavy atom. The van der Waals surface area contributed by atoms with Gasteiger partial charge in [0.05, 0.1) is 23.4 Å². The van der Waals surface area contributed by atoms with Gasteiger partial charge in [0, 0.05) is 46.1 Å². The van der Waals surface area contributed by atoms with E-state index in [0.717, 1.165) is 32.9 Å². The Bertz CT molecular complexity index is 1490. The van der Waals surface area contributed by atoms with E-state index in [0.29, 0.717) is 22.5 Å². The van der Waals surface area contributed by atoms with Crippen molar-refractivity contribution in [2.24, 2.45) is 5.73 Å². The minimum atomic E-state index is -1.12. The molecule has 3 aromatic heterocycles. The van der Waals surface area contributed by atoms with Gasteiger partial charge in [0.15, 0.2) is 5.16 Å². The van der Waals surface area contributed by atoms with E-state index in [1.807, 2.05) is 25.1 Å². The number of thioether (sulfide) groups is 1. The summed E-state index contributed by atoms with van der Waals surface area (Å²) in [5.41, 5.74) is 7.37. The van der Waals surface area contributed by atoms with E-state index < -0.39 is 12.0 Å². The second-order valence-electron chi connectivity index (χ2n) is 8.22. The van der Waals surface area contributed by atoms with Crippen molar-refractivity contribution in [1.82, 2.24) is 20.3 Å². The lowest BCUT2D eigenvalue weighted by Gasteiger charge is -2.11. The number of carbonyl (C=O) groups excluding carboxylic acids is 1. The summed E-state index contributed by atoms with van der Waals surface area (Å²) >= 11 is 2.51. The van der Waals surface area contributed by atoms with E-state index in [1.165, 1.54) is 17.5 Å². The van der Waals surface area contributed by atoms with E-state index >= 15 is 0 Å². The van der Waals surface area contributed by atoms with Crippen molar-refractivity contribution in [3.05, 3.63) is 40.9 Å². The molecule has 1 aliphatic rings. The van der Waals surface area contributed by atoms with Gasteiger partial charge >= 0.3 is 5.97 Å². The molecule has 4 heterocycles. The number of benzene rings is 1. The second-order valence-corrected chi connectivity index (χ2v) is 10.3. The quantitative estimate of drug-likeness (QED) is 0.177. The van der Waals surface area contributed by atoms with E-state index in [9.17, 15) is 14.7 Å². The lowest BCUT2D eigenvalue weighted by molar-refractivity contribution is -0.137. The Hall–Kier alpha value is -3.52. The Morgan fingerprint density at radius 1 is 1.33 bits per heavy atom. The zero-order valence-corrected chi connectivity index (χ0v) is 20.7. The predicted octanol–water partition coefficient (Wildman–Crippen LogP) is 2.57. The molecular formula is C23H22N6O5S2. The van der Waals surface area contributed by atoms with Crippen molar-refractivity contribution in [3.8, 4) is 11.8 Å². The van der Waals surface area contributed by atoms with Crippen LogP contribution in [0.15, 0.2) is 35.6 Å². The number of rotatable bonds is 7. The average molecular weight is 527 g/mol. The van der Waals surface area contributed by atoms with Crippen LogP contribution >= 0.6 is 23.1 Å². The summed E-state index contributed by atoms with van der Waals surface area (Å²) in [6.45, 7) is 2.21. The van der Waals surface area contributed by atoms with Gasteiger partial charge in [-0.1, -0.05) is 11.8 Å². The zero-order valence-electron chi connectivity index (χ0n) is 19.0. The normalized spacial score (nSPS) is 16.2. The lowest BCUT2D eigenvalue weighted by atomic mass is 10.1. The Kier molecular flexibility index (Phi) is 6.62. The van der Waals surface area contributed by atoms with Crippen LogP contribution in [0.1, 0.15) is 22.2 Å². The lowest BCUT2D eigenvalue weighted by Crippen LogP contribution is -2.34. The number of carbonyl (C=O) groups is 2. The molecule has 4 aromatic rings. The summed E-state index contributed by atoms with van der Waals surface area (Å²) in [6.07, 6.45) is 1.42. The summed E-state index contributed by atoms with van der Waals surface area (Å²) in [7, 11) is 0. The number of aromatic nitrogens is 3. The second kappa shape index (κ2) is 9.85. The molecule has 5 rings (SSSR count). The molecule has 0 unspecified atom stereocenters. The van der Waals surface area contributed by atoms with Crippen LogP contribution in [0, 0.1) is 0 Å². The van der Waals surface area contributed by atoms with Gasteiger partial charge in [-0.3, -0.25) is 9.59 Å². The fraction of sp³-hybridized carbons (Fsp3) is 0.261. The highest BCUT2D eigenvalue weighted by Crippen LogP contribution is 2.41. The van der Waals surface area contributed by atoms with Crippen molar-refractivity contribution in [1.29, 1.82) is 0 Å². The largest absolute Gasteiger partial charge is 0.480 e. The van der Waals surface area contributed by atoms with E-state index in [2.05, 4.69) is 25.6 Å². The SMILES string of the molecule is C[C@@H]1CNc2c(sc3ccc4nc(Oc5nc(SC[C@H](N)C(=O)O)ncc5CO)ccc4c23)C(=O)N1. The number of carboxylic acids is 1. The molecule has 6 N–H and O–H groups in total. The maximum absolute atomic E-state index is 12.6. The minimum absolute atomic E-state index is 0.0109. The molecule has 0 fully saturated rings. The molecule has 2 atom stereocenters. The number of anilines is 1. The number of fused-ring (bicyclic) bond motifs is 5. The van der Waals surface area contributed by atoms with Gasteiger partial charge in [-0.2, -0.15) is 4.98 Å². The van der Waals surface area contributed by atoms with Gasteiger partial charge in [-0.25, -0.2) is 9.97 Å². The van der Waals surface area contributed by atoms with Crippen molar-refractivity contribution < 1.29 is 24.5 Å². The standard InChI is InChI=1S/C23H22N6O5S2/c1-10-6-25-18-17-12-2-5-16(28-14(12)3-4-15(17)36-19(18)20(31)27-10)34-21-11(8-30)7-26-23(29-21)35-9-13(24)22(32)33/h2-5,7,10,13,25,30H,6,8-9,24H2,1H3,(H,27,31)(H,32,33)/t10-,13+/m1/s1. The number of aliphatic hydroxyl groups excluding tert-OH is 1. The number of aliphatic carboxylic acids is 1. The molecule has 0 bridgehead atoms. The maximum Gasteiger partial charge on any atom is 0.321 e. The summed E-state index contributed by atoms with van der Waals surface area (Å²) in [5, 5.41) is 27.1. The number of amides is 1. The molecule has 13 heteroatoms. The Morgan fingerprint density at radius 3 is 2.94 bits per heavy atom. The molecule has 1 amide bonds. The van der Waals surface area contributed by atoms with Gasteiger partial charge in [0.25, 0.3) is 5.91 Å². The van der Waals surface area contributed by atoms with Crippen LogP contribution in [0.25, 0.3) is 21.0 Å². The van der Waals surface area contributed by atoms with Crippen molar-refractivity contribution >= 4 is 61.7 Å². The third kappa shape index (κ3) is 4.65. The Labute approximate surface area is 213 Å². The third-order valence-electron chi connectivity index (χ3n) is 5.55. The van der Waals surface area contributed by atoms with Crippen LogP contribution in [-0.4, -0.2) is 61.4 Å². The Balaban J connectivity index is 1.47. The van der Waals surface area contributed by atoms with Crippen LogP contribution in [0.3, 0.4) is 0 Å². The molecule has 0 radical (unpaired) electrons. The first-order valence-corrected chi connectivity index (χ1v) is 12.8. The van der Waals surface area contributed by atoms with Crippen LogP contribution in [0.5, 0.6) is 11.8 Å². The van der Waals surface area contributed by atoms with E-state index in [1.54, 1.807) is 6.07 Å². The highest BCUT2D eigenvalue weighted by Gasteiger charge is 2.25. The molecule has 0 spiro atoms. The smallest absolute Gasteiger partial charge is 0.321 e. The van der Waals surface area contributed by atoms with E-state index in [4.69, 9.17) is 15.6 Å². The van der Waals surface area contributed by atoms with E-state index in [-0.39, 0.29) is 41.2 Å². The summed E-state index contributed by atoms with van der Waals surface area (Å²) in [6, 6.07) is 6.31. The average Bonchev–Trinajstić information content (AvgIpc) is 3.18. The molecule has 0 saturated heterocycles. The van der Waals surface area contributed by atoms with Crippen LogP contribution in [0.4, 0.5) is 5.69 Å². The minimum Gasteiger partial charge on any atom is -0.480 e. The molecule has 186 valence electrons. The first kappa shape index (κ1) is 24.2. The summed E-state index contributed by atoms with van der Waals surface area (Å²) in [5.74, 6) is -0.762. The zero-order chi connectivity index (χ0) is 25.4. The molecule has 36 heavy (non-hydrogen) atoms. The third-order valence-corrected chi connectivity index (χ3v) is 7.68. The number of pyridine rings is 1. The van der Waals surface area contributed by atoms with Crippen LogP contribution in [-0.2, 0) is 11.4 Å². The highest BCUT2D eigenvalue weighted by molar-refractivity contribution is 7.99. The number of thiophene rings is 1. The molecule has 0 aliphatic carbocycles. The van der Waals surface area contributed by atoms with Crippen molar-refractivity contribution in [2.75, 3.05) is 17.6 Å². The monoisotopic (exact) mass is 526 g/mol. The van der Waals surface area contributed by atoms with Crippen molar-refractivity contribution in [3.63, 3.8) is 0 Å². The fourth-order valence-corrected chi connectivity index (χ4v) is 5.58. The number of nitrogens with one attached hydrogen (secondary N) is 2. The summed E-state index contributed by atoms with van der Waals surface area (Å²) in [4.78, 5) is 37.3. The first-order valence-electron chi connectivity index (χ1n) is 11.0. The number of ether oxygens (including phenoxy) is 1. The molecule has 1 aromatic carbocycles. The first-order chi connectivity index (χ1) is 17.3. The number of hydrogen-bond acceptors (Lipinski definition) is 11. The van der Waals surface area contributed by atoms with Crippen molar-refractivity contribution in [2.45, 2.75) is 30.8 Å². The topological polar surface area (TPSA) is 173 Å². The van der Waals surface area contributed by atoms with Gasteiger partial charge in [0.1, 0.15) is 10.9 Å². The van der Waals surface area contributed by atoms with Crippen LogP contribution in [0.2, 0.25) is 0 Å². The van der Waals surface area contributed by atoms with Crippen LogP contribution < -0.4 is 21.1 Å². The fourth-order valence-electron chi connectivity index (χ4n) is 3.74. The van der Waals surface area contributed by atoms with Gasteiger partial charge in [0.2, 0.25) is 11.8 Å². The number of aliphatic hydroxyl groups is 1. The number of hydrogen-bond donors (Lipinski definition) is 5. The van der Waals surface area contributed by atoms with Gasteiger partial charge in [-0.05, 0) is 25.1 Å². The number of nitrogens with two attached hydrogens (primary N) is 1. The molecule has 1 aliphatic heterocycles.